The Balaban J connectivity index is 2.01. The largest absolute Gasteiger partial charge is 0.493 e. The first-order valence-electron chi connectivity index (χ1n) is 8.92. The maximum absolute atomic E-state index is 12.4. The second-order valence-corrected chi connectivity index (χ2v) is 6.73. The summed E-state index contributed by atoms with van der Waals surface area (Å²) in [5, 5.41) is 0. The second kappa shape index (κ2) is 7.16. The number of ether oxygens (including phenoxy) is 4. The lowest BCUT2D eigenvalue weighted by molar-refractivity contribution is -0.112. The predicted octanol–water partition coefficient (Wildman–Crippen LogP) is 3.99. The third-order valence-electron chi connectivity index (χ3n) is 5.33. The van der Waals surface area contributed by atoms with E-state index in [1.165, 1.54) is 0 Å². The zero-order chi connectivity index (χ0) is 18.9. The van der Waals surface area contributed by atoms with Crippen molar-refractivity contribution in [3.05, 3.63) is 47.2 Å². The number of fused-ring (bicyclic) bond motifs is 1. The molecule has 5 nitrogen and oxygen atoms in total. The van der Waals surface area contributed by atoms with E-state index in [9.17, 15) is 4.79 Å². The van der Waals surface area contributed by atoms with E-state index in [0.29, 0.717) is 17.3 Å². The molecule has 2 aliphatic rings. The van der Waals surface area contributed by atoms with Crippen LogP contribution in [0.3, 0.4) is 0 Å². The van der Waals surface area contributed by atoms with E-state index >= 15 is 0 Å². The highest BCUT2D eigenvalue weighted by Crippen LogP contribution is 2.52. The number of benzene rings is 1. The minimum absolute atomic E-state index is 0.00296. The van der Waals surface area contributed by atoms with Crippen molar-refractivity contribution in [3.63, 3.8) is 0 Å². The molecular weight excluding hydrogens is 332 g/mol. The summed E-state index contributed by atoms with van der Waals surface area (Å²) in [5.41, 5.74) is 1.04. The third kappa shape index (κ3) is 2.80. The van der Waals surface area contributed by atoms with E-state index in [2.05, 4.69) is 13.8 Å². The summed E-state index contributed by atoms with van der Waals surface area (Å²) in [4.78, 5) is 12.4. The van der Waals surface area contributed by atoms with Gasteiger partial charge >= 0.3 is 0 Å². The molecule has 1 heterocycles. The number of methoxy groups -OCH3 is 3. The van der Waals surface area contributed by atoms with Gasteiger partial charge in [-0.2, -0.15) is 0 Å². The average Bonchev–Trinajstić information content (AvgIpc) is 2.94. The Morgan fingerprint density at radius 1 is 1.15 bits per heavy atom. The summed E-state index contributed by atoms with van der Waals surface area (Å²) < 4.78 is 22.8. The molecule has 0 unspecified atom stereocenters. The first-order chi connectivity index (χ1) is 12.5. The van der Waals surface area contributed by atoms with Gasteiger partial charge in [0.2, 0.25) is 0 Å². The van der Waals surface area contributed by atoms with Gasteiger partial charge in [-0.1, -0.05) is 26.3 Å². The highest BCUT2D eigenvalue weighted by Gasteiger charge is 2.53. The standard InChI is InChI=1S/C21H26O5/c1-6-7-15-12-21(25-5)13(2)20(26-19(21)11-16(15)22)14-8-9-17(23-3)18(10-14)24-4/h8-13,20H,6-7H2,1-5H3/t13-,20-,21-/m0/s1. The van der Waals surface area contributed by atoms with Crippen LogP contribution in [0.5, 0.6) is 11.5 Å². The number of carbonyl (C=O) groups excluding carboxylic acids is 1. The smallest absolute Gasteiger partial charge is 0.185 e. The van der Waals surface area contributed by atoms with Gasteiger partial charge in [0.05, 0.1) is 14.2 Å². The van der Waals surface area contributed by atoms with Crippen LogP contribution < -0.4 is 9.47 Å². The summed E-state index contributed by atoms with van der Waals surface area (Å²) in [6.07, 6.45) is 4.95. The monoisotopic (exact) mass is 358 g/mol. The normalized spacial score (nSPS) is 27.3. The van der Waals surface area contributed by atoms with Crippen molar-refractivity contribution in [1.29, 1.82) is 0 Å². The van der Waals surface area contributed by atoms with Crippen LogP contribution in [0.1, 0.15) is 38.4 Å². The number of hydrogen-bond donors (Lipinski definition) is 0. The molecule has 0 saturated carbocycles. The molecule has 1 fully saturated rings. The third-order valence-corrected chi connectivity index (χ3v) is 5.33. The molecule has 0 aromatic heterocycles. The van der Waals surface area contributed by atoms with E-state index in [1.54, 1.807) is 27.4 Å². The molecule has 3 rings (SSSR count). The molecule has 26 heavy (non-hydrogen) atoms. The van der Waals surface area contributed by atoms with Gasteiger partial charge in [-0.25, -0.2) is 0 Å². The molecule has 0 N–H and O–H groups in total. The average molecular weight is 358 g/mol. The van der Waals surface area contributed by atoms with E-state index in [4.69, 9.17) is 18.9 Å². The van der Waals surface area contributed by atoms with Crippen LogP contribution in [0.2, 0.25) is 0 Å². The predicted molar refractivity (Wildman–Crippen MR) is 98.4 cm³/mol. The first-order valence-corrected chi connectivity index (χ1v) is 8.92. The van der Waals surface area contributed by atoms with Gasteiger partial charge in [-0.15, -0.1) is 0 Å². The van der Waals surface area contributed by atoms with E-state index in [0.717, 1.165) is 24.0 Å². The van der Waals surface area contributed by atoms with Crippen LogP contribution in [0, 0.1) is 5.92 Å². The molecule has 3 atom stereocenters. The van der Waals surface area contributed by atoms with Crippen LogP contribution in [0.25, 0.3) is 0 Å². The SMILES string of the molecule is CCCC1=C[C@@]2(OC)C(=CC1=O)O[C@H](c1ccc(OC)c(OC)c1)[C@@H]2C. The Hall–Kier alpha value is -2.27. The van der Waals surface area contributed by atoms with E-state index in [1.807, 2.05) is 24.3 Å². The van der Waals surface area contributed by atoms with Crippen molar-refractivity contribution in [2.24, 2.45) is 5.92 Å². The Morgan fingerprint density at radius 3 is 2.50 bits per heavy atom. The lowest BCUT2D eigenvalue weighted by Gasteiger charge is -2.31. The molecule has 140 valence electrons. The van der Waals surface area contributed by atoms with Crippen molar-refractivity contribution in [1.82, 2.24) is 0 Å². The Kier molecular flexibility index (Phi) is 5.10. The Morgan fingerprint density at radius 2 is 1.88 bits per heavy atom. The molecule has 0 spiro atoms. The molecule has 0 amide bonds. The maximum atomic E-state index is 12.4. The Bertz CT molecular complexity index is 764. The summed E-state index contributed by atoms with van der Waals surface area (Å²) in [6, 6.07) is 5.74. The number of ketones is 1. The second-order valence-electron chi connectivity index (χ2n) is 6.73. The highest BCUT2D eigenvalue weighted by molar-refractivity contribution is 6.05. The quantitative estimate of drug-likeness (QED) is 0.770. The maximum Gasteiger partial charge on any atom is 0.185 e. The fourth-order valence-corrected chi connectivity index (χ4v) is 3.87. The van der Waals surface area contributed by atoms with Crippen molar-refractivity contribution >= 4 is 5.78 Å². The lowest BCUT2D eigenvalue weighted by Crippen LogP contribution is -2.38. The number of hydrogen-bond acceptors (Lipinski definition) is 5. The summed E-state index contributed by atoms with van der Waals surface area (Å²) in [7, 11) is 4.88. The molecule has 0 radical (unpaired) electrons. The topological polar surface area (TPSA) is 54.0 Å². The molecular formula is C21H26O5. The van der Waals surface area contributed by atoms with Gasteiger partial charge < -0.3 is 18.9 Å². The number of rotatable bonds is 6. The minimum atomic E-state index is -0.712. The van der Waals surface area contributed by atoms with Crippen LogP contribution in [-0.2, 0) is 14.3 Å². The van der Waals surface area contributed by atoms with Crippen LogP contribution in [0.15, 0.2) is 41.7 Å². The summed E-state index contributed by atoms with van der Waals surface area (Å²) >= 11 is 0. The van der Waals surface area contributed by atoms with Gasteiger partial charge in [0.15, 0.2) is 17.3 Å². The summed E-state index contributed by atoms with van der Waals surface area (Å²) in [5.74, 6) is 1.90. The van der Waals surface area contributed by atoms with Crippen LogP contribution in [0.4, 0.5) is 0 Å². The first kappa shape index (κ1) is 18.5. The molecule has 1 aromatic carbocycles. The number of allylic oxidation sites excluding steroid dienone is 2. The molecule has 1 aliphatic carbocycles. The zero-order valence-electron chi connectivity index (χ0n) is 16.0. The van der Waals surface area contributed by atoms with Gasteiger partial charge in [-0.05, 0) is 35.8 Å². The van der Waals surface area contributed by atoms with Gasteiger partial charge in [0.1, 0.15) is 17.5 Å². The van der Waals surface area contributed by atoms with Gasteiger partial charge in [0.25, 0.3) is 0 Å². The van der Waals surface area contributed by atoms with E-state index < -0.39 is 5.60 Å². The fourth-order valence-electron chi connectivity index (χ4n) is 3.87. The van der Waals surface area contributed by atoms with Crippen molar-refractivity contribution < 1.29 is 23.7 Å². The van der Waals surface area contributed by atoms with Crippen LogP contribution >= 0.6 is 0 Å². The minimum Gasteiger partial charge on any atom is -0.493 e. The van der Waals surface area contributed by atoms with Crippen molar-refractivity contribution in [2.45, 2.75) is 38.4 Å². The lowest BCUT2D eigenvalue weighted by atomic mass is 9.78. The zero-order valence-corrected chi connectivity index (χ0v) is 16.0. The molecule has 1 saturated heterocycles. The van der Waals surface area contributed by atoms with Crippen molar-refractivity contribution in [2.75, 3.05) is 21.3 Å². The molecule has 1 aromatic rings. The molecule has 1 aliphatic heterocycles. The molecule has 0 bridgehead atoms. The molecule has 5 heteroatoms. The van der Waals surface area contributed by atoms with Gasteiger partial charge in [0, 0.05) is 19.1 Å². The van der Waals surface area contributed by atoms with E-state index in [-0.39, 0.29) is 17.8 Å². The summed E-state index contributed by atoms with van der Waals surface area (Å²) in [6.45, 7) is 4.15. The van der Waals surface area contributed by atoms with Crippen LogP contribution in [-0.4, -0.2) is 32.7 Å². The van der Waals surface area contributed by atoms with Crippen molar-refractivity contribution in [3.8, 4) is 11.5 Å². The number of carbonyl (C=O) groups is 1. The highest BCUT2D eigenvalue weighted by atomic mass is 16.6. The Labute approximate surface area is 154 Å². The fraction of sp³-hybridized carbons (Fsp3) is 0.476. The van der Waals surface area contributed by atoms with Gasteiger partial charge in [-0.3, -0.25) is 4.79 Å².